The van der Waals surface area contributed by atoms with Crippen LogP contribution >= 0.6 is 0 Å². The van der Waals surface area contributed by atoms with Crippen LogP contribution in [0.15, 0.2) is 48.8 Å². The number of hydrogen-bond acceptors (Lipinski definition) is 4. The summed E-state index contributed by atoms with van der Waals surface area (Å²) in [5.41, 5.74) is 6.11. The molecule has 4 rings (SSSR count). The summed E-state index contributed by atoms with van der Waals surface area (Å²) in [4.78, 5) is 7.44. The van der Waals surface area contributed by atoms with Crippen molar-refractivity contribution in [2.24, 2.45) is 7.05 Å². The number of hydrogen-bond donors (Lipinski definition) is 0. The standard InChI is InChI=1S/C23H28N4O/c1-17-10-19(11-18-6-4-7-21(12-18)28-3)13-22(25-17)23-8-5-9-27(23)16-20-14-24-26(2)15-20/h4,6-7,10,12-15,23H,5,8-9,11,16H2,1-3H3/t23-/m1/s1. The number of benzene rings is 1. The highest BCUT2D eigenvalue weighted by atomic mass is 16.5. The van der Waals surface area contributed by atoms with Gasteiger partial charge in [0.15, 0.2) is 0 Å². The summed E-state index contributed by atoms with van der Waals surface area (Å²) in [5, 5.41) is 4.31. The Morgan fingerprint density at radius 1 is 1.14 bits per heavy atom. The van der Waals surface area contributed by atoms with Crippen molar-refractivity contribution < 1.29 is 4.74 Å². The van der Waals surface area contributed by atoms with Gasteiger partial charge in [-0.3, -0.25) is 14.6 Å². The van der Waals surface area contributed by atoms with Gasteiger partial charge in [0, 0.05) is 31.0 Å². The Morgan fingerprint density at radius 2 is 2.04 bits per heavy atom. The molecule has 1 saturated heterocycles. The molecule has 2 aromatic heterocycles. The summed E-state index contributed by atoms with van der Waals surface area (Å²) in [5.74, 6) is 0.905. The summed E-state index contributed by atoms with van der Waals surface area (Å²) in [6, 6.07) is 13.2. The minimum atomic E-state index is 0.379. The Morgan fingerprint density at radius 3 is 2.82 bits per heavy atom. The number of pyridine rings is 1. The summed E-state index contributed by atoms with van der Waals surface area (Å²) < 4.78 is 7.24. The Kier molecular flexibility index (Phi) is 5.44. The van der Waals surface area contributed by atoms with Crippen molar-refractivity contribution in [3.63, 3.8) is 0 Å². The van der Waals surface area contributed by atoms with E-state index in [2.05, 4.69) is 53.5 Å². The average molecular weight is 377 g/mol. The molecule has 1 fully saturated rings. The van der Waals surface area contributed by atoms with E-state index < -0.39 is 0 Å². The number of aryl methyl sites for hydroxylation is 2. The van der Waals surface area contributed by atoms with Gasteiger partial charge >= 0.3 is 0 Å². The minimum absolute atomic E-state index is 0.379. The average Bonchev–Trinajstić information content (AvgIpc) is 3.30. The second-order valence-corrected chi connectivity index (χ2v) is 7.72. The highest BCUT2D eigenvalue weighted by Gasteiger charge is 2.27. The predicted octanol–water partition coefficient (Wildman–Crippen LogP) is 4.06. The van der Waals surface area contributed by atoms with E-state index in [-0.39, 0.29) is 0 Å². The predicted molar refractivity (Wildman–Crippen MR) is 110 cm³/mol. The number of ether oxygens (including phenoxy) is 1. The molecule has 0 aliphatic carbocycles. The van der Waals surface area contributed by atoms with Crippen LogP contribution < -0.4 is 4.74 Å². The number of nitrogens with zero attached hydrogens (tertiary/aromatic N) is 4. The van der Waals surface area contributed by atoms with Gasteiger partial charge in [-0.1, -0.05) is 12.1 Å². The quantitative estimate of drug-likeness (QED) is 0.651. The molecule has 1 aliphatic rings. The van der Waals surface area contributed by atoms with Gasteiger partial charge in [-0.05, 0) is 68.1 Å². The van der Waals surface area contributed by atoms with Gasteiger partial charge in [0.05, 0.1) is 25.0 Å². The molecule has 1 aliphatic heterocycles. The molecule has 0 amide bonds. The van der Waals surface area contributed by atoms with E-state index >= 15 is 0 Å². The molecule has 0 radical (unpaired) electrons. The third-order valence-electron chi connectivity index (χ3n) is 5.42. The van der Waals surface area contributed by atoms with E-state index in [0.717, 1.165) is 37.4 Å². The first-order valence-corrected chi connectivity index (χ1v) is 9.92. The SMILES string of the molecule is COc1cccc(Cc2cc(C)nc([C@H]3CCCN3Cc3cnn(C)c3)c2)c1. The van der Waals surface area contributed by atoms with Crippen molar-refractivity contribution >= 4 is 0 Å². The molecule has 0 bridgehead atoms. The molecular weight excluding hydrogens is 348 g/mol. The Labute approximate surface area is 167 Å². The Bertz CT molecular complexity index is 949. The number of rotatable bonds is 6. The zero-order chi connectivity index (χ0) is 19.5. The van der Waals surface area contributed by atoms with Crippen LogP contribution in [0.1, 0.15) is 47.0 Å². The van der Waals surface area contributed by atoms with Gasteiger partial charge in [-0.15, -0.1) is 0 Å². The van der Waals surface area contributed by atoms with Crippen LogP contribution in [0, 0.1) is 6.92 Å². The van der Waals surface area contributed by atoms with Gasteiger partial charge in [-0.25, -0.2) is 0 Å². The largest absolute Gasteiger partial charge is 0.497 e. The van der Waals surface area contributed by atoms with Crippen molar-refractivity contribution in [3.05, 3.63) is 76.9 Å². The normalized spacial score (nSPS) is 17.2. The summed E-state index contributed by atoms with van der Waals surface area (Å²) in [7, 11) is 3.68. The fraction of sp³-hybridized carbons (Fsp3) is 0.391. The van der Waals surface area contributed by atoms with Crippen LogP contribution in [-0.2, 0) is 20.0 Å². The van der Waals surface area contributed by atoms with Gasteiger partial charge in [-0.2, -0.15) is 5.10 Å². The smallest absolute Gasteiger partial charge is 0.119 e. The second kappa shape index (κ2) is 8.15. The highest BCUT2D eigenvalue weighted by Crippen LogP contribution is 2.33. The van der Waals surface area contributed by atoms with E-state index in [0.29, 0.717) is 6.04 Å². The molecule has 0 saturated carbocycles. The summed E-state index contributed by atoms with van der Waals surface area (Å²) in [6.07, 6.45) is 7.34. The lowest BCUT2D eigenvalue weighted by Crippen LogP contribution is -2.23. The monoisotopic (exact) mass is 376 g/mol. The molecule has 28 heavy (non-hydrogen) atoms. The fourth-order valence-electron chi connectivity index (χ4n) is 4.20. The van der Waals surface area contributed by atoms with E-state index in [1.165, 1.54) is 28.8 Å². The molecule has 0 spiro atoms. The van der Waals surface area contributed by atoms with Crippen molar-refractivity contribution in [1.29, 1.82) is 0 Å². The van der Waals surface area contributed by atoms with Crippen molar-refractivity contribution in [1.82, 2.24) is 19.7 Å². The van der Waals surface area contributed by atoms with Crippen molar-refractivity contribution in [3.8, 4) is 5.75 Å². The molecule has 0 N–H and O–H groups in total. The molecule has 5 heteroatoms. The van der Waals surface area contributed by atoms with E-state index in [4.69, 9.17) is 9.72 Å². The molecule has 3 aromatic rings. The molecule has 3 heterocycles. The molecule has 1 atom stereocenters. The van der Waals surface area contributed by atoms with Gasteiger partial charge < -0.3 is 4.74 Å². The number of likely N-dealkylation sites (tertiary alicyclic amines) is 1. The van der Waals surface area contributed by atoms with Crippen LogP contribution in [0.2, 0.25) is 0 Å². The molecular formula is C23H28N4O. The first-order chi connectivity index (χ1) is 13.6. The van der Waals surface area contributed by atoms with Crippen LogP contribution in [0.5, 0.6) is 5.75 Å². The lowest BCUT2D eigenvalue weighted by molar-refractivity contribution is 0.244. The fourth-order valence-corrected chi connectivity index (χ4v) is 4.20. The van der Waals surface area contributed by atoms with Crippen LogP contribution in [0.4, 0.5) is 0 Å². The highest BCUT2D eigenvalue weighted by molar-refractivity contribution is 5.34. The van der Waals surface area contributed by atoms with Gasteiger partial charge in [0.25, 0.3) is 0 Å². The zero-order valence-electron chi connectivity index (χ0n) is 16.9. The van der Waals surface area contributed by atoms with E-state index in [1.807, 2.05) is 24.0 Å². The molecule has 146 valence electrons. The third-order valence-corrected chi connectivity index (χ3v) is 5.42. The number of methoxy groups -OCH3 is 1. The minimum Gasteiger partial charge on any atom is -0.497 e. The van der Waals surface area contributed by atoms with Crippen molar-refractivity contribution in [2.45, 2.75) is 38.8 Å². The maximum absolute atomic E-state index is 5.37. The van der Waals surface area contributed by atoms with Gasteiger partial charge in [0.2, 0.25) is 0 Å². The first kappa shape index (κ1) is 18.7. The maximum atomic E-state index is 5.37. The summed E-state index contributed by atoms with van der Waals surface area (Å²) in [6.45, 7) is 4.14. The van der Waals surface area contributed by atoms with E-state index in [1.54, 1.807) is 7.11 Å². The first-order valence-electron chi connectivity index (χ1n) is 9.92. The molecule has 5 nitrogen and oxygen atoms in total. The Balaban J connectivity index is 1.55. The van der Waals surface area contributed by atoms with Crippen LogP contribution in [0.3, 0.4) is 0 Å². The summed E-state index contributed by atoms with van der Waals surface area (Å²) >= 11 is 0. The second-order valence-electron chi connectivity index (χ2n) is 7.72. The van der Waals surface area contributed by atoms with Gasteiger partial charge in [0.1, 0.15) is 5.75 Å². The zero-order valence-corrected chi connectivity index (χ0v) is 16.9. The lowest BCUT2D eigenvalue weighted by Gasteiger charge is -2.24. The molecule has 1 aromatic carbocycles. The Hall–Kier alpha value is -2.66. The lowest BCUT2D eigenvalue weighted by atomic mass is 10.0. The van der Waals surface area contributed by atoms with E-state index in [9.17, 15) is 0 Å². The number of aromatic nitrogens is 3. The van der Waals surface area contributed by atoms with Crippen molar-refractivity contribution in [2.75, 3.05) is 13.7 Å². The third kappa shape index (κ3) is 4.25. The topological polar surface area (TPSA) is 43.2 Å². The van der Waals surface area contributed by atoms with Crippen LogP contribution in [0.25, 0.3) is 0 Å². The molecule has 0 unspecified atom stereocenters. The maximum Gasteiger partial charge on any atom is 0.119 e. The van der Waals surface area contributed by atoms with Crippen LogP contribution in [-0.4, -0.2) is 33.3 Å².